The molecule has 0 aromatic rings. The van der Waals surface area contributed by atoms with Crippen molar-refractivity contribution < 1.29 is 14.7 Å². The maximum atomic E-state index is 11.9. The fraction of sp³-hybridized carbons (Fsp3) is 0.833. The summed E-state index contributed by atoms with van der Waals surface area (Å²) in [6.45, 7) is 8.65. The van der Waals surface area contributed by atoms with Gasteiger partial charge in [0.1, 0.15) is 0 Å². The Bertz CT molecular complexity index is 309. The number of carboxylic acid groups (broad SMARTS) is 1. The highest BCUT2D eigenvalue weighted by Gasteiger charge is 2.32. The summed E-state index contributed by atoms with van der Waals surface area (Å²) in [5.74, 6) is -1.02. The van der Waals surface area contributed by atoms with Crippen LogP contribution in [0.5, 0.6) is 0 Å². The van der Waals surface area contributed by atoms with E-state index < -0.39 is 11.9 Å². The van der Waals surface area contributed by atoms with Crippen molar-refractivity contribution >= 4 is 12.0 Å². The van der Waals surface area contributed by atoms with Gasteiger partial charge in [-0.25, -0.2) is 4.79 Å². The minimum Gasteiger partial charge on any atom is -0.481 e. The van der Waals surface area contributed by atoms with E-state index >= 15 is 0 Å². The summed E-state index contributed by atoms with van der Waals surface area (Å²) in [7, 11) is 0. The summed E-state index contributed by atoms with van der Waals surface area (Å²) in [5, 5.41) is 11.9. The predicted molar refractivity (Wildman–Crippen MR) is 64.8 cm³/mol. The fourth-order valence-electron chi connectivity index (χ4n) is 2.10. The lowest BCUT2D eigenvalue weighted by molar-refractivity contribution is -0.143. The average Bonchev–Trinajstić information content (AvgIpc) is 2.13. The van der Waals surface area contributed by atoms with Crippen LogP contribution >= 0.6 is 0 Å². The number of aliphatic carboxylic acids is 1. The molecule has 0 saturated carbocycles. The molecule has 2 amide bonds. The molecule has 5 heteroatoms. The number of carbonyl (C=O) groups excluding carboxylic acids is 1. The molecule has 17 heavy (non-hydrogen) atoms. The topological polar surface area (TPSA) is 69.6 Å². The van der Waals surface area contributed by atoms with Crippen molar-refractivity contribution in [2.45, 2.75) is 39.7 Å². The smallest absolute Gasteiger partial charge is 0.317 e. The van der Waals surface area contributed by atoms with Crippen LogP contribution in [-0.4, -0.2) is 40.6 Å². The van der Waals surface area contributed by atoms with Crippen molar-refractivity contribution in [1.82, 2.24) is 10.2 Å². The number of nitrogens with zero attached hydrogens (tertiary/aromatic N) is 1. The Labute approximate surface area is 102 Å². The Morgan fingerprint density at radius 2 is 1.88 bits per heavy atom. The zero-order valence-corrected chi connectivity index (χ0v) is 11.0. The van der Waals surface area contributed by atoms with Gasteiger partial charge in [0.05, 0.1) is 5.92 Å². The minimum atomic E-state index is -0.815. The highest BCUT2D eigenvalue weighted by molar-refractivity contribution is 5.77. The molecule has 0 bridgehead atoms. The number of likely N-dealkylation sites (tertiary alicyclic amines) is 1. The third kappa shape index (κ3) is 4.24. The number of amides is 2. The first-order chi connectivity index (χ1) is 7.69. The molecule has 2 unspecified atom stereocenters. The van der Waals surface area contributed by atoms with Gasteiger partial charge in [0.15, 0.2) is 0 Å². The maximum absolute atomic E-state index is 11.9. The average molecular weight is 242 g/mol. The van der Waals surface area contributed by atoms with Gasteiger partial charge in [-0.05, 0) is 33.1 Å². The quantitative estimate of drug-likeness (QED) is 0.732. The first kappa shape index (κ1) is 13.8. The van der Waals surface area contributed by atoms with Crippen LogP contribution < -0.4 is 5.32 Å². The number of rotatable bonds is 1. The van der Waals surface area contributed by atoms with Gasteiger partial charge < -0.3 is 15.3 Å². The normalized spacial score (nSPS) is 25.5. The third-order valence-corrected chi connectivity index (χ3v) is 2.78. The van der Waals surface area contributed by atoms with Gasteiger partial charge >= 0.3 is 12.0 Å². The zero-order valence-electron chi connectivity index (χ0n) is 11.0. The highest BCUT2D eigenvalue weighted by Crippen LogP contribution is 2.22. The summed E-state index contributed by atoms with van der Waals surface area (Å²) in [5.41, 5.74) is -0.295. The molecule has 98 valence electrons. The van der Waals surface area contributed by atoms with E-state index in [-0.39, 0.29) is 17.5 Å². The minimum absolute atomic E-state index is 0.171. The second-order valence-corrected chi connectivity index (χ2v) is 5.96. The van der Waals surface area contributed by atoms with E-state index in [2.05, 4.69) is 5.32 Å². The van der Waals surface area contributed by atoms with Crippen LogP contribution in [0.25, 0.3) is 0 Å². The lowest BCUT2D eigenvalue weighted by Crippen LogP contribution is -2.53. The number of piperidine rings is 1. The second kappa shape index (κ2) is 4.94. The summed E-state index contributed by atoms with van der Waals surface area (Å²) in [4.78, 5) is 24.6. The Balaban J connectivity index is 2.64. The molecule has 0 aromatic carbocycles. The molecule has 1 rings (SSSR count). The van der Waals surface area contributed by atoms with Gasteiger partial charge in [0.25, 0.3) is 0 Å². The Morgan fingerprint density at radius 1 is 1.29 bits per heavy atom. The zero-order chi connectivity index (χ0) is 13.2. The Kier molecular flexibility index (Phi) is 4.01. The highest BCUT2D eigenvalue weighted by atomic mass is 16.4. The Hall–Kier alpha value is -1.26. The van der Waals surface area contributed by atoms with Gasteiger partial charge in [-0.1, -0.05) is 6.92 Å². The van der Waals surface area contributed by atoms with E-state index in [0.29, 0.717) is 19.5 Å². The van der Waals surface area contributed by atoms with Crippen LogP contribution in [0.4, 0.5) is 4.79 Å². The molecule has 2 N–H and O–H groups in total. The van der Waals surface area contributed by atoms with E-state index in [1.807, 2.05) is 27.7 Å². The molecule has 0 radical (unpaired) electrons. The van der Waals surface area contributed by atoms with Gasteiger partial charge in [-0.3, -0.25) is 4.79 Å². The predicted octanol–water partition coefficient (Wildman–Crippen LogP) is 1.54. The summed E-state index contributed by atoms with van der Waals surface area (Å²) in [6.07, 6.45) is 0.647. The monoisotopic (exact) mass is 242 g/mol. The van der Waals surface area contributed by atoms with Crippen molar-refractivity contribution in [3.8, 4) is 0 Å². The van der Waals surface area contributed by atoms with Crippen molar-refractivity contribution in [2.75, 3.05) is 13.1 Å². The molecule has 1 aliphatic rings. The first-order valence-corrected chi connectivity index (χ1v) is 5.99. The van der Waals surface area contributed by atoms with Crippen LogP contribution in [0.3, 0.4) is 0 Å². The van der Waals surface area contributed by atoms with E-state index in [0.717, 1.165) is 0 Å². The first-order valence-electron chi connectivity index (χ1n) is 5.99. The van der Waals surface area contributed by atoms with Gasteiger partial charge in [-0.2, -0.15) is 0 Å². The van der Waals surface area contributed by atoms with Gasteiger partial charge in [0, 0.05) is 18.6 Å². The molecule has 0 aliphatic carbocycles. The molecular formula is C12H22N2O3. The summed E-state index contributed by atoms with van der Waals surface area (Å²) < 4.78 is 0. The summed E-state index contributed by atoms with van der Waals surface area (Å²) >= 11 is 0. The molecule has 1 fully saturated rings. The number of hydrogen-bond acceptors (Lipinski definition) is 2. The third-order valence-electron chi connectivity index (χ3n) is 2.78. The second-order valence-electron chi connectivity index (χ2n) is 5.96. The molecule has 0 spiro atoms. The van der Waals surface area contributed by atoms with Crippen molar-refractivity contribution in [1.29, 1.82) is 0 Å². The maximum Gasteiger partial charge on any atom is 0.317 e. The summed E-state index contributed by atoms with van der Waals surface area (Å²) in [6, 6.07) is -0.171. The van der Waals surface area contributed by atoms with E-state index in [1.165, 1.54) is 0 Å². The largest absolute Gasteiger partial charge is 0.481 e. The lowest BCUT2D eigenvalue weighted by Gasteiger charge is -2.36. The van der Waals surface area contributed by atoms with Crippen LogP contribution in [0.2, 0.25) is 0 Å². The molecule has 2 atom stereocenters. The van der Waals surface area contributed by atoms with E-state index in [4.69, 9.17) is 5.11 Å². The molecule has 5 nitrogen and oxygen atoms in total. The molecule has 0 aromatic heterocycles. The van der Waals surface area contributed by atoms with Crippen molar-refractivity contribution in [3.05, 3.63) is 0 Å². The number of hydrogen-bond donors (Lipinski definition) is 2. The standard InChI is InChI=1S/C12H22N2O3/c1-8-5-9(10(15)16)7-14(6-8)11(17)13-12(2,3)4/h8-9H,5-7H2,1-4H3,(H,13,17)(H,15,16). The fourth-order valence-corrected chi connectivity index (χ4v) is 2.10. The van der Waals surface area contributed by atoms with Crippen LogP contribution in [-0.2, 0) is 4.79 Å². The molecule has 1 heterocycles. The van der Waals surface area contributed by atoms with Gasteiger partial charge in [0.2, 0.25) is 0 Å². The number of nitrogens with one attached hydrogen (secondary N) is 1. The lowest BCUT2D eigenvalue weighted by atomic mass is 9.91. The van der Waals surface area contributed by atoms with Crippen LogP contribution in [0, 0.1) is 11.8 Å². The van der Waals surface area contributed by atoms with Crippen molar-refractivity contribution in [2.24, 2.45) is 11.8 Å². The van der Waals surface area contributed by atoms with Gasteiger partial charge in [-0.15, -0.1) is 0 Å². The van der Waals surface area contributed by atoms with Crippen LogP contribution in [0.1, 0.15) is 34.1 Å². The van der Waals surface area contributed by atoms with Crippen molar-refractivity contribution in [3.63, 3.8) is 0 Å². The SMILES string of the molecule is CC1CC(C(=O)O)CN(C(=O)NC(C)(C)C)C1. The van der Waals surface area contributed by atoms with E-state index in [9.17, 15) is 9.59 Å². The van der Waals surface area contributed by atoms with Crippen LogP contribution in [0.15, 0.2) is 0 Å². The number of carbonyl (C=O) groups is 2. The Morgan fingerprint density at radius 3 is 2.35 bits per heavy atom. The molecule has 1 aliphatic heterocycles. The van der Waals surface area contributed by atoms with E-state index in [1.54, 1.807) is 4.90 Å². The number of urea groups is 1. The molecule has 1 saturated heterocycles. The number of carboxylic acids is 1. The molecular weight excluding hydrogens is 220 g/mol.